The number of aromatic nitrogens is 2. The van der Waals surface area contributed by atoms with Gasteiger partial charge in [-0.15, -0.1) is 0 Å². The third kappa shape index (κ3) is 1.27. The van der Waals surface area contributed by atoms with Gasteiger partial charge in [-0.25, -0.2) is 8.42 Å². The van der Waals surface area contributed by atoms with Crippen LogP contribution in [0.2, 0.25) is 0 Å². The molecule has 0 unspecified atom stereocenters. The number of fused-ring (bicyclic) bond motifs is 1. The van der Waals surface area contributed by atoms with Gasteiger partial charge in [0.1, 0.15) is 5.88 Å². The van der Waals surface area contributed by atoms with Crippen molar-refractivity contribution in [1.82, 2.24) is 9.78 Å². The SMILES string of the molecule is O=S1(=O)C=CCc2ccnn2C1. The summed E-state index contributed by atoms with van der Waals surface area (Å²) in [5.41, 5.74) is 0.937. The molecule has 0 N–H and O–H groups in total. The van der Waals surface area contributed by atoms with E-state index in [4.69, 9.17) is 0 Å². The van der Waals surface area contributed by atoms with Gasteiger partial charge in [0.2, 0.25) is 0 Å². The number of allylic oxidation sites excluding steroid dienone is 1. The maximum absolute atomic E-state index is 11.2. The summed E-state index contributed by atoms with van der Waals surface area (Å²) in [6.07, 6.45) is 3.90. The van der Waals surface area contributed by atoms with Crippen LogP contribution in [-0.4, -0.2) is 18.2 Å². The maximum atomic E-state index is 11.2. The van der Waals surface area contributed by atoms with Crippen LogP contribution in [0.1, 0.15) is 5.69 Å². The van der Waals surface area contributed by atoms with Crippen molar-refractivity contribution in [2.75, 3.05) is 0 Å². The highest BCUT2D eigenvalue weighted by molar-refractivity contribution is 7.93. The van der Waals surface area contributed by atoms with E-state index in [0.717, 1.165) is 5.69 Å². The Morgan fingerprint density at radius 2 is 2.33 bits per heavy atom. The molecule has 1 aromatic rings. The number of nitrogens with zero attached hydrogens (tertiary/aromatic N) is 2. The normalized spacial score (nSPS) is 20.0. The molecule has 0 spiro atoms. The van der Waals surface area contributed by atoms with E-state index in [1.165, 1.54) is 10.1 Å². The topological polar surface area (TPSA) is 52.0 Å². The molecule has 5 heteroatoms. The Hall–Kier alpha value is -1.10. The number of rotatable bonds is 0. The second kappa shape index (κ2) is 2.45. The van der Waals surface area contributed by atoms with Crippen LogP contribution >= 0.6 is 0 Å². The zero-order valence-electron chi connectivity index (χ0n) is 6.34. The van der Waals surface area contributed by atoms with Crippen molar-refractivity contribution in [3.05, 3.63) is 29.4 Å². The van der Waals surface area contributed by atoms with Crippen molar-refractivity contribution in [2.24, 2.45) is 0 Å². The minimum absolute atomic E-state index is 0.0359. The number of hydrogen-bond acceptors (Lipinski definition) is 3. The number of sulfone groups is 1. The Balaban J connectivity index is 2.52. The molecule has 64 valence electrons. The summed E-state index contributed by atoms with van der Waals surface area (Å²) in [6.45, 7) is 0. The lowest BCUT2D eigenvalue weighted by Gasteiger charge is -1.99. The van der Waals surface area contributed by atoms with Gasteiger partial charge in [0.15, 0.2) is 9.84 Å². The molecule has 12 heavy (non-hydrogen) atoms. The minimum Gasteiger partial charge on any atom is -0.254 e. The van der Waals surface area contributed by atoms with Crippen molar-refractivity contribution >= 4 is 9.84 Å². The quantitative estimate of drug-likeness (QED) is 0.583. The van der Waals surface area contributed by atoms with Gasteiger partial charge in [0.25, 0.3) is 0 Å². The minimum atomic E-state index is -3.08. The molecule has 0 fully saturated rings. The fourth-order valence-corrected chi connectivity index (χ4v) is 2.23. The first-order chi connectivity index (χ1) is 5.67. The van der Waals surface area contributed by atoms with Gasteiger partial charge < -0.3 is 0 Å². The summed E-state index contributed by atoms with van der Waals surface area (Å²) in [6, 6.07) is 1.82. The van der Waals surface area contributed by atoms with E-state index in [2.05, 4.69) is 5.10 Å². The second-order valence-corrected chi connectivity index (χ2v) is 4.55. The van der Waals surface area contributed by atoms with Crippen LogP contribution in [0.5, 0.6) is 0 Å². The number of hydrogen-bond donors (Lipinski definition) is 0. The van der Waals surface area contributed by atoms with Gasteiger partial charge in [-0.05, 0) is 6.07 Å². The zero-order valence-corrected chi connectivity index (χ0v) is 7.16. The van der Waals surface area contributed by atoms with Gasteiger partial charge in [-0.1, -0.05) is 6.08 Å². The van der Waals surface area contributed by atoms with Crippen LogP contribution in [0.25, 0.3) is 0 Å². The van der Waals surface area contributed by atoms with Crippen LogP contribution in [0.15, 0.2) is 23.7 Å². The molecule has 4 nitrogen and oxygen atoms in total. The fourth-order valence-electron chi connectivity index (χ4n) is 1.18. The molecule has 0 aliphatic carbocycles. The molecule has 0 bridgehead atoms. The van der Waals surface area contributed by atoms with Crippen molar-refractivity contribution < 1.29 is 8.42 Å². The van der Waals surface area contributed by atoms with Crippen molar-refractivity contribution in [1.29, 1.82) is 0 Å². The lowest BCUT2D eigenvalue weighted by molar-refractivity contribution is 0.582. The van der Waals surface area contributed by atoms with Gasteiger partial charge in [-0.2, -0.15) is 5.10 Å². The molecule has 2 heterocycles. The van der Waals surface area contributed by atoms with Crippen molar-refractivity contribution in [3.63, 3.8) is 0 Å². The first kappa shape index (κ1) is 7.54. The predicted molar refractivity (Wildman–Crippen MR) is 44.0 cm³/mol. The summed E-state index contributed by atoms with van der Waals surface area (Å²) >= 11 is 0. The molecule has 1 aromatic heterocycles. The van der Waals surface area contributed by atoms with E-state index in [1.807, 2.05) is 6.07 Å². The summed E-state index contributed by atoms with van der Waals surface area (Å²) in [4.78, 5) is 0. The molecule has 0 aromatic carbocycles. The first-order valence-electron chi connectivity index (χ1n) is 3.57. The molecule has 2 rings (SSSR count). The standard InChI is InChI=1S/C7H8N2O2S/c10-12(11)5-1-2-7-3-4-8-9(7)6-12/h1,3-5H,2,6H2. The van der Waals surface area contributed by atoms with Gasteiger partial charge in [0, 0.05) is 23.7 Å². The van der Waals surface area contributed by atoms with Gasteiger partial charge in [0.05, 0.1) is 0 Å². The third-order valence-corrected chi connectivity index (χ3v) is 2.95. The highest BCUT2D eigenvalue weighted by atomic mass is 32.2. The zero-order chi connectivity index (χ0) is 8.60. The van der Waals surface area contributed by atoms with Crippen LogP contribution in [0, 0.1) is 0 Å². The van der Waals surface area contributed by atoms with E-state index < -0.39 is 9.84 Å². The second-order valence-electron chi connectivity index (χ2n) is 2.69. The summed E-state index contributed by atoms with van der Waals surface area (Å²) in [5.74, 6) is -0.0359. The lowest BCUT2D eigenvalue weighted by Crippen LogP contribution is -2.09. The van der Waals surface area contributed by atoms with Gasteiger partial charge in [-0.3, -0.25) is 4.68 Å². The average molecular weight is 184 g/mol. The molecule has 1 aliphatic rings. The smallest absolute Gasteiger partial charge is 0.191 e. The molecular formula is C7H8N2O2S. The molecule has 0 saturated heterocycles. The van der Waals surface area contributed by atoms with Crippen LogP contribution in [-0.2, 0) is 22.1 Å². The van der Waals surface area contributed by atoms with E-state index in [-0.39, 0.29) is 5.88 Å². The first-order valence-corrected chi connectivity index (χ1v) is 5.29. The maximum Gasteiger partial charge on any atom is 0.191 e. The Morgan fingerprint density at radius 1 is 1.50 bits per heavy atom. The predicted octanol–water partition coefficient (Wildman–Crippen LogP) is 0.325. The van der Waals surface area contributed by atoms with Crippen LogP contribution < -0.4 is 0 Å². The van der Waals surface area contributed by atoms with E-state index in [1.54, 1.807) is 12.3 Å². The summed E-state index contributed by atoms with van der Waals surface area (Å²) < 4.78 is 23.9. The Morgan fingerprint density at radius 3 is 3.17 bits per heavy atom. The Kier molecular flexibility index (Phi) is 1.54. The highest BCUT2D eigenvalue weighted by Crippen LogP contribution is 2.09. The molecule has 1 aliphatic heterocycles. The third-order valence-electron chi connectivity index (χ3n) is 1.74. The van der Waals surface area contributed by atoms with E-state index >= 15 is 0 Å². The molecule has 0 saturated carbocycles. The van der Waals surface area contributed by atoms with Crippen LogP contribution in [0.3, 0.4) is 0 Å². The summed E-state index contributed by atoms with van der Waals surface area (Å²) in [5, 5.41) is 5.16. The molecule has 0 radical (unpaired) electrons. The van der Waals surface area contributed by atoms with E-state index in [9.17, 15) is 8.42 Å². The highest BCUT2D eigenvalue weighted by Gasteiger charge is 2.13. The van der Waals surface area contributed by atoms with Crippen molar-refractivity contribution in [2.45, 2.75) is 12.3 Å². The fraction of sp³-hybridized carbons (Fsp3) is 0.286. The monoisotopic (exact) mass is 184 g/mol. The molecular weight excluding hydrogens is 176 g/mol. The largest absolute Gasteiger partial charge is 0.254 e. The Labute approximate surface area is 70.4 Å². The van der Waals surface area contributed by atoms with Gasteiger partial charge >= 0.3 is 0 Å². The molecule has 0 amide bonds. The summed E-state index contributed by atoms with van der Waals surface area (Å²) in [7, 11) is -3.08. The van der Waals surface area contributed by atoms with Crippen molar-refractivity contribution in [3.8, 4) is 0 Å². The average Bonchev–Trinajstić information content (AvgIpc) is 2.31. The van der Waals surface area contributed by atoms with Crippen LogP contribution in [0.4, 0.5) is 0 Å². The Bertz CT molecular complexity index is 416. The lowest BCUT2D eigenvalue weighted by atomic mass is 10.3. The van der Waals surface area contributed by atoms with E-state index in [0.29, 0.717) is 6.42 Å². The molecule has 0 atom stereocenters.